The Labute approximate surface area is 93.8 Å². The Bertz CT molecular complexity index is 211. The van der Waals surface area contributed by atoms with Crippen molar-refractivity contribution in [3.63, 3.8) is 0 Å². The molecule has 15 heavy (non-hydrogen) atoms. The van der Waals surface area contributed by atoms with E-state index in [-0.39, 0.29) is 0 Å². The third-order valence-electron chi connectivity index (χ3n) is 4.01. The fourth-order valence-electron chi connectivity index (χ4n) is 2.91. The third kappa shape index (κ3) is 2.71. The normalized spacial score (nSPS) is 39.8. The molecule has 0 aromatic carbocycles. The first-order chi connectivity index (χ1) is 7.09. The van der Waals surface area contributed by atoms with E-state index in [0.717, 1.165) is 6.04 Å². The van der Waals surface area contributed by atoms with Crippen LogP contribution in [0, 0.1) is 5.41 Å². The highest BCUT2D eigenvalue weighted by atomic mass is 15.3. The molecule has 2 heterocycles. The maximum Gasteiger partial charge on any atom is 0.0195 e. The van der Waals surface area contributed by atoms with Gasteiger partial charge in [0.15, 0.2) is 0 Å². The highest BCUT2D eigenvalue weighted by Crippen LogP contribution is 2.27. The molecule has 2 unspecified atom stereocenters. The molecular weight excluding hydrogens is 186 g/mol. The summed E-state index contributed by atoms with van der Waals surface area (Å²) in [5, 5.41) is 3.49. The average Bonchev–Trinajstić information content (AvgIpc) is 2.58. The Morgan fingerprint density at radius 1 is 1.40 bits per heavy atom. The SMILES string of the molecule is CC1CN(C)CCN1CC1(C)CCNC1. The van der Waals surface area contributed by atoms with Gasteiger partial charge in [0, 0.05) is 38.8 Å². The summed E-state index contributed by atoms with van der Waals surface area (Å²) in [7, 11) is 2.23. The van der Waals surface area contributed by atoms with Gasteiger partial charge in [0.05, 0.1) is 0 Å². The molecule has 0 spiro atoms. The molecule has 0 aliphatic carbocycles. The summed E-state index contributed by atoms with van der Waals surface area (Å²) in [6, 6.07) is 0.723. The van der Waals surface area contributed by atoms with E-state index in [1.54, 1.807) is 0 Å². The third-order valence-corrected chi connectivity index (χ3v) is 4.01. The van der Waals surface area contributed by atoms with Crippen LogP contribution in [0.15, 0.2) is 0 Å². The van der Waals surface area contributed by atoms with Gasteiger partial charge in [0.2, 0.25) is 0 Å². The van der Waals surface area contributed by atoms with Gasteiger partial charge in [-0.1, -0.05) is 6.92 Å². The first kappa shape index (κ1) is 11.4. The fraction of sp³-hybridized carbons (Fsp3) is 1.00. The molecule has 2 atom stereocenters. The summed E-state index contributed by atoms with van der Waals surface area (Å²) in [5.41, 5.74) is 0.518. The van der Waals surface area contributed by atoms with Crippen molar-refractivity contribution in [1.29, 1.82) is 0 Å². The van der Waals surface area contributed by atoms with Gasteiger partial charge in [0.1, 0.15) is 0 Å². The highest BCUT2D eigenvalue weighted by molar-refractivity contribution is 4.89. The smallest absolute Gasteiger partial charge is 0.0195 e. The van der Waals surface area contributed by atoms with Gasteiger partial charge < -0.3 is 10.2 Å². The maximum absolute atomic E-state index is 3.49. The van der Waals surface area contributed by atoms with Gasteiger partial charge in [-0.3, -0.25) is 4.90 Å². The first-order valence-electron chi connectivity index (χ1n) is 6.22. The minimum atomic E-state index is 0.518. The van der Waals surface area contributed by atoms with Crippen LogP contribution in [0.1, 0.15) is 20.3 Å². The van der Waals surface area contributed by atoms with E-state index < -0.39 is 0 Å². The van der Waals surface area contributed by atoms with Crippen LogP contribution in [-0.4, -0.2) is 62.2 Å². The second-order valence-electron chi connectivity index (χ2n) is 5.82. The summed E-state index contributed by atoms with van der Waals surface area (Å²) < 4.78 is 0. The van der Waals surface area contributed by atoms with Crippen LogP contribution in [0.4, 0.5) is 0 Å². The van der Waals surface area contributed by atoms with E-state index in [2.05, 4.69) is 36.0 Å². The predicted octanol–water partition coefficient (Wildman–Crippen LogP) is 0.622. The van der Waals surface area contributed by atoms with Crippen LogP contribution < -0.4 is 5.32 Å². The predicted molar refractivity (Wildman–Crippen MR) is 64.1 cm³/mol. The number of nitrogens with zero attached hydrogens (tertiary/aromatic N) is 2. The number of rotatable bonds is 2. The molecule has 0 saturated carbocycles. The Morgan fingerprint density at radius 2 is 2.20 bits per heavy atom. The van der Waals surface area contributed by atoms with Gasteiger partial charge >= 0.3 is 0 Å². The van der Waals surface area contributed by atoms with Crippen LogP contribution in [0.5, 0.6) is 0 Å². The zero-order chi connectivity index (χ0) is 10.9. The fourth-order valence-corrected chi connectivity index (χ4v) is 2.91. The molecule has 88 valence electrons. The van der Waals surface area contributed by atoms with Crippen LogP contribution >= 0.6 is 0 Å². The standard InChI is InChI=1S/C12H25N3/c1-11-8-14(3)6-7-15(11)10-12(2)4-5-13-9-12/h11,13H,4-10H2,1-3H3. The molecule has 1 N–H and O–H groups in total. The molecule has 2 fully saturated rings. The summed E-state index contributed by atoms with van der Waals surface area (Å²) in [6.45, 7) is 12.2. The quantitative estimate of drug-likeness (QED) is 0.722. The zero-order valence-corrected chi connectivity index (χ0v) is 10.4. The molecule has 3 nitrogen and oxygen atoms in total. The van der Waals surface area contributed by atoms with Gasteiger partial charge in [-0.15, -0.1) is 0 Å². The topological polar surface area (TPSA) is 18.5 Å². The van der Waals surface area contributed by atoms with Crippen molar-refractivity contribution in [2.45, 2.75) is 26.3 Å². The molecule has 0 amide bonds. The number of hydrogen-bond acceptors (Lipinski definition) is 3. The minimum Gasteiger partial charge on any atom is -0.316 e. The second kappa shape index (κ2) is 4.40. The van der Waals surface area contributed by atoms with E-state index in [0.29, 0.717) is 5.41 Å². The van der Waals surface area contributed by atoms with Crippen LogP contribution in [-0.2, 0) is 0 Å². The van der Waals surface area contributed by atoms with E-state index in [1.807, 2.05) is 0 Å². The van der Waals surface area contributed by atoms with Crippen molar-refractivity contribution in [2.24, 2.45) is 5.41 Å². The van der Waals surface area contributed by atoms with Crippen molar-refractivity contribution in [1.82, 2.24) is 15.1 Å². The van der Waals surface area contributed by atoms with Crippen LogP contribution in [0.25, 0.3) is 0 Å². The van der Waals surface area contributed by atoms with Gasteiger partial charge in [0.25, 0.3) is 0 Å². The number of nitrogens with one attached hydrogen (secondary N) is 1. The molecule has 2 rings (SSSR count). The largest absolute Gasteiger partial charge is 0.316 e. The summed E-state index contributed by atoms with van der Waals surface area (Å²) in [6.07, 6.45) is 1.34. The summed E-state index contributed by atoms with van der Waals surface area (Å²) >= 11 is 0. The van der Waals surface area contributed by atoms with E-state index >= 15 is 0 Å². The molecule has 2 aliphatic heterocycles. The lowest BCUT2D eigenvalue weighted by molar-refractivity contribution is 0.0656. The lowest BCUT2D eigenvalue weighted by Gasteiger charge is -2.42. The van der Waals surface area contributed by atoms with Crippen molar-refractivity contribution in [3.8, 4) is 0 Å². The van der Waals surface area contributed by atoms with Gasteiger partial charge in [-0.05, 0) is 32.4 Å². The average molecular weight is 211 g/mol. The van der Waals surface area contributed by atoms with E-state index in [4.69, 9.17) is 0 Å². The first-order valence-corrected chi connectivity index (χ1v) is 6.22. The number of likely N-dealkylation sites (N-methyl/N-ethyl adjacent to an activating group) is 1. The Kier molecular flexibility index (Phi) is 3.33. The highest BCUT2D eigenvalue weighted by Gasteiger charge is 2.33. The summed E-state index contributed by atoms with van der Waals surface area (Å²) in [5.74, 6) is 0. The van der Waals surface area contributed by atoms with E-state index in [1.165, 1.54) is 45.7 Å². The van der Waals surface area contributed by atoms with Gasteiger partial charge in [-0.2, -0.15) is 0 Å². The second-order valence-corrected chi connectivity index (χ2v) is 5.82. The summed E-state index contributed by atoms with van der Waals surface area (Å²) in [4.78, 5) is 5.11. The van der Waals surface area contributed by atoms with E-state index in [9.17, 15) is 0 Å². The molecule has 3 heteroatoms. The Balaban J connectivity index is 1.88. The van der Waals surface area contributed by atoms with Crippen LogP contribution in [0.2, 0.25) is 0 Å². The molecule has 2 aliphatic rings. The molecule has 2 saturated heterocycles. The number of hydrogen-bond donors (Lipinski definition) is 1. The van der Waals surface area contributed by atoms with Crippen LogP contribution in [0.3, 0.4) is 0 Å². The maximum atomic E-state index is 3.49. The van der Waals surface area contributed by atoms with Crippen molar-refractivity contribution < 1.29 is 0 Å². The molecule has 0 radical (unpaired) electrons. The van der Waals surface area contributed by atoms with Crippen molar-refractivity contribution in [2.75, 3.05) is 46.3 Å². The number of piperazine rings is 1. The monoisotopic (exact) mass is 211 g/mol. The Hall–Kier alpha value is -0.120. The Morgan fingerprint density at radius 3 is 2.80 bits per heavy atom. The zero-order valence-electron chi connectivity index (χ0n) is 10.4. The molecule has 0 aromatic heterocycles. The lowest BCUT2D eigenvalue weighted by atomic mass is 9.88. The minimum absolute atomic E-state index is 0.518. The molecule has 0 bridgehead atoms. The molecule has 0 aromatic rings. The van der Waals surface area contributed by atoms with Crippen molar-refractivity contribution >= 4 is 0 Å². The van der Waals surface area contributed by atoms with Gasteiger partial charge in [-0.25, -0.2) is 0 Å². The van der Waals surface area contributed by atoms with Crippen molar-refractivity contribution in [3.05, 3.63) is 0 Å². The lowest BCUT2D eigenvalue weighted by Crippen LogP contribution is -2.53. The molecular formula is C12H25N3.